The van der Waals surface area contributed by atoms with Crippen LogP contribution in [0.5, 0.6) is 5.75 Å². The van der Waals surface area contributed by atoms with Gasteiger partial charge in [-0.05, 0) is 37.1 Å². The Bertz CT molecular complexity index is 453. The highest BCUT2D eigenvalue weighted by Crippen LogP contribution is 2.17. The highest BCUT2D eigenvalue weighted by molar-refractivity contribution is 9.10. The van der Waals surface area contributed by atoms with E-state index in [1.54, 1.807) is 24.3 Å². The van der Waals surface area contributed by atoms with E-state index in [1.165, 1.54) is 0 Å². The van der Waals surface area contributed by atoms with Crippen molar-refractivity contribution >= 4 is 27.9 Å². The molecule has 0 aliphatic rings. The summed E-state index contributed by atoms with van der Waals surface area (Å²) in [7, 11) is 0. The number of ether oxygens (including phenoxy) is 2. The van der Waals surface area contributed by atoms with Gasteiger partial charge in [0.15, 0.2) is 0 Å². The highest BCUT2D eigenvalue weighted by atomic mass is 79.9. The van der Waals surface area contributed by atoms with Crippen LogP contribution in [0.4, 0.5) is 0 Å². The average Bonchev–Trinajstić information content (AvgIpc) is 2.39. The smallest absolute Gasteiger partial charge is 0.311 e. The molecule has 0 radical (unpaired) electrons. The first-order chi connectivity index (χ1) is 9.38. The molecule has 0 saturated heterocycles. The van der Waals surface area contributed by atoms with Crippen LogP contribution in [0.15, 0.2) is 28.7 Å². The predicted octanol–water partition coefficient (Wildman–Crippen LogP) is 3.72. The summed E-state index contributed by atoms with van der Waals surface area (Å²) in [6.45, 7) is 5.78. The Balaban J connectivity index is 2.32. The quantitative estimate of drug-likeness (QED) is 0.583. The Hall–Kier alpha value is -1.36. The van der Waals surface area contributed by atoms with Crippen LogP contribution in [-0.2, 0) is 14.3 Å². The molecule has 1 aromatic carbocycles. The van der Waals surface area contributed by atoms with E-state index in [0.717, 1.165) is 4.47 Å². The molecule has 0 fully saturated rings. The minimum atomic E-state index is -0.443. The Morgan fingerprint density at radius 1 is 1.05 bits per heavy atom. The zero-order valence-corrected chi connectivity index (χ0v) is 13.5. The van der Waals surface area contributed by atoms with Crippen molar-refractivity contribution in [3.63, 3.8) is 0 Å². The minimum absolute atomic E-state index is 0.0136. The van der Waals surface area contributed by atoms with Crippen LogP contribution in [0.3, 0.4) is 0 Å². The minimum Gasteiger partial charge on any atom is -0.462 e. The topological polar surface area (TPSA) is 52.6 Å². The van der Waals surface area contributed by atoms with E-state index >= 15 is 0 Å². The largest absolute Gasteiger partial charge is 0.462 e. The molecule has 5 heteroatoms. The molecule has 20 heavy (non-hydrogen) atoms. The van der Waals surface area contributed by atoms with Gasteiger partial charge in [-0.3, -0.25) is 9.59 Å². The Labute approximate surface area is 127 Å². The molecule has 1 aromatic rings. The zero-order valence-electron chi connectivity index (χ0n) is 11.9. The number of halogens is 1. The first-order valence-corrected chi connectivity index (χ1v) is 7.33. The van der Waals surface area contributed by atoms with Gasteiger partial charge in [0.2, 0.25) is 0 Å². The van der Waals surface area contributed by atoms with Crippen molar-refractivity contribution in [2.75, 3.05) is 0 Å². The molecule has 0 aromatic heterocycles. The van der Waals surface area contributed by atoms with E-state index in [2.05, 4.69) is 15.9 Å². The van der Waals surface area contributed by atoms with E-state index in [9.17, 15) is 9.59 Å². The first kappa shape index (κ1) is 16.7. The van der Waals surface area contributed by atoms with Gasteiger partial charge in [-0.1, -0.05) is 29.8 Å². The van der Waals surface area contributed by atoms with Crippen molar-refractivity contribution in [1.29, 1.82) is 0 Å². The highest BCUT2D eigenvalue weighted by Gasteiger charge is 2.15. The van der Waals surface area contributed by atoms with Crippen LogP contribution in [0, 0.1) is 5.92 Å². The maximum absolute atomic E-state index is 11.6. The summed E-state index contributed by atoms with van der Waals surface area (Å²) >= 11 is 3.29. The fraction of sp³-hybridized carbons (Fsp3) is 0.467. The molecule has 110 valence electrons. The van der Waals surface area contributed by atoms with Crippen molar-refractivity contribution < 1.29 is 19.1 Å². The van der Waals surface area contributed by atoms with Crippen molar-refractivity contribution in [2.24, 2.45) is 5.92 Å². The summed E-state index contributed by atoms with van der Waals surface area (Å²) in [6.07, 6.45) is -0.100. The lowest BCUT2D eigenvalue weighted by Gasteiger charge is -2.16. The van der Waals surface area contributed by atoms with Crippen molar-refractivity contribution in [3.05, 3.63) is 28.7 Å². The molecular weight excluding hydrogens is 324 g/mol. The standard InChI is InChI=1S/C15H19BrO4/c1-10(2)11(3)19-14(17)8-9-15(18)20-13-6-4-12(16)5-7-13/h4-7,10-11H,8-9H2,1-3H3. The number of rotatable bonds is 6. The Morgan fingerprint density at radius 3 is 2.15 bits per heavy atom. The van der Waals surface area contributed by atoms with Gasteiger partial charge in [-0.15, -0.1) is 0 Å². The lowest BCUT2D eigenvalue weighted by molar-refractivity contribution is -0.152. The predicted molar refractivity (Wildman–Crippen MR) is 79.4 cm³/mol. The van der Waals surface area contributed by atoms with Gasteiger partial charge in [0.1, 0.15) is 11.9 Å². The molecule has 0 heterocycles. The second-order valence-electron chi connectivity index (χ2n) is 4.87. The monoisotopic (exact) mass is 342 g/mol. The van der Waals surface area contributed by atoms with Gasteiger partial charge in [0, 0.05) is 4.47 Å². The number of esters is 2. The third kappa shape index (κ3) is 6.19. The Morgan fingerprint density at radius 2 is 1.60 bits per heavy atom. The summed E-state index contributed by atoms with van der Waals surface area (Å²) in [5.74, 6) is -0.101. The van der Waals surface area contributed by atoms with Gasteiger partial charge in [0.05, 0.1) is 12.8 Å². The molecular formula is C15H19BrO4. The number of hydrogen-bond acceptors (Lipinski definition) is 4. The van der Waals surface area contributed by atoms with E-state index < -0.39 is 5.97 Å². The summed E-state index contributed by atoms with van der Waals surface area (Å²) < 4.78 is 11.2. The van der Waals surface area contributed by atoms with Crippen LogP contribution >= 0.6 is 15.9 Å². The van der Waals surface area contributed by atoms with Crippen LogP contribution in [0.25, 0.3) is 0 Å². The van der Waals surface area contributed by atoms with Gasteiger partial charge in [-0.25, -0.2) is 0 Å². The lowest BCUT2D eigenvalue weighted by Crippen LogP contribution is -2.21. The second-order valence-corrected chi connectivity index (χ2v) is 5.78. The molecule has 1 unspecified atom stereocenters. The number of benzene rings is 1. The van der Waals surface area contributed by atoms with Crippen molar-refractivity contribution in [1.82, 2.24) is 0 Å². The third-order valence-corrected chi connectivity index (χ3v) is 3.36. The van der Waals surface area contributed by atoms with Crippen LogP contribution < -0.4 is 4.74 Å². The summed E-state index contributed by atoms with van der Waals surface area (Å²) in [5, 5.41) is 0. The maximum atomic E-state index is 11.6. The van der Waals surface area contributed by atoms with Gasteiger partial charge < -0.3 is 9.47 Å². The fourth-order valence-corrected chi connectivity index (χ4v) is 1.56. The molecule has 0 aliphatic heterocycles. The average molecular weight is 343 g/mol. The molecule has 0 bridgehead atoms. The SMILES string of the molecule is CC(C)C(C)OC(=O)CCC(=O)Oc1ccc(Br)cc1. The molecule has 0 N–H and O–H groups in total. The molecule has 0 aliphatic carbocycles. The summed E-state index contributed by atoms with van der Waals surface area (Å²) in [5.41, 5.74) is 0. The summed E-state index contributed by atoms with van der Waals surface area (Å²) in [4.78, 5) is 23.1. The van der Waals surface area contributed by atoms with Crippen LogP contribution in [0.2, 0.25) is 0 Å². The third-order valence-electron chi connectivity index (χ3n) is 2.83. The molecule has 0 amide bonds. The molecule has 4 nitrogen and oxygen atoms in total. The zero-order chi connectivity index (χ0) is 15.1. The van der Waals surface area contributed by atoms with Gasteiger partial charge in [-0.2, -0.15) is 0 Å². The van der Waals surface area contributed by atoms with Gasteiger partial charge >= 0.3 is 11.9 Å². The number of carbonyl (C=O) groups is 2. The maximum Gasteiger partial charge on any atom is 0.311 e. The Kier molecular flexibility index (Phi) is 6.71. The van der Waals surface area contributed by atoms with Crippen LogP contribution in [-0.4, -0.2) is 18.0 Å². The molecule has 1 rings (SSSR count). The normalized spacial score (nSPS) is 12.1. The molecule has 1 atom stereocenters. The van der Waals surface area contributed by atoms with Crippen molar-refractivity contribution in [2.45, 2.75) is 39.7 Å². The number of carbonyl (C=O) groups excluding carboxylic acids is 2. The van der Waals surface area contributed by atoms with Crippen molar-refractivity contribution in [3.8, 4) is 5.75 Å². The summed E-state index contributed by atoms with van der Waals surface area (Å²) in [6, 6.07) is 6.92. The molecule has 0 spiro atoms. The van der Waals surface area contributed by atoms with E-state index in [1.807, 2.05) is 20.8 Å². The van der Waals surface area contributed by atoms with Crippen LogP contribution in [0.1, 0.15) is 33.6 Å². The lowest BCUT2D eigenvalue weighted by atomic mass is 10.1. The number of hydrogen-bond donors (Lipinski definition) is 0. The van der Waals surface area contributed by atoms with E-state index in [0.29, 0.717) is 5.75 Å². The van der Waals surface area contributed by atoms with E-state index in [4.69, 9.17) is 9.47 Å². The fourth-order valence-electron chi connectivity index (χ4n) is 1.29. The molecule has 0 saturated carbocycles. The first-order valence-electron chi connectivity index (χ1n) is 6.54. The van der Waals surface area contributed by atoms with Gasteiger partial charge in [0.25, 0.3) is 0 Å². The second kappa shape index (κ2) is 8.04. The van der Waals surface area contributed by atoms with E-state index in [-0.39, 0.29) is 30.8 Å².